The van der Waals surface area contributed by atoms with Crippen molar-refractivity contribution < 1.29 is 34.7 Å². The van der Waals surface area contributed by atoms with Crippen molar-refractivity contribution in [3.63, 3.8) is 0 Å². The molecule has 0 rings (SSSR count). The van der Waals surface area contributed by atoms with E-state index in [0.29, 0.717) is 0 Å². The van der Waals surface area contributed by atoms with Crippen molar-refractivity contribution in [1.29, 1.82) is 0 Å². The summed E-state index contributed by atoms with van der Waals surface area (Å²) in [6, 6.07) is 0. The Morgan fingerprint density at radius 1 is 1.23 bits per heavy atom. The third kappa shape index (κ3) is 5.50. The van der Waals surface area contributed by atoms with Crippen molar-refractivity contribution in [3.8, 4) is 0 Å². The molecule has 0 aromatic heterocycles. The lowest BCUT2D eigenvalue weighted by atomic mass is 10.2. The minimum Gasteiger partial charge on any atom is -0.481 e. The second kappa shape index (κ2) is 6.75. The lowest BCUT2D eigenvalue weighted by Crippen LogP contribution is -2.34. The molecule has 7 heteroatoms. The minimum atomic E-state index is -1.58. The Morgan fingerprint density at radius 3 is 2.15 bits per heavy atom. The van der Waals surface area contributed by atoms with Gasteiger partial charge in [0.25, 0.3) is 0 Å². The zero-order chi connectivity index (χ0) is 10.3. The van der Waals surface area contributed by atoms with E-state index in [1.807, 2.05) is 0 Å². The number of carbonyl (C=O) groups is 1. The molecule has 4 N–H and O–H groups in total. The van der Waals surface area contributed by atoms with Gasteiger partial charge in [-0.05, 0) is 0 Å². The van der Waals surface area contributed by atoms with E-state index in [1.165, 1.54) is 0 Å². The first-order valence-corrected chi connectivity index (χ1v) is 3.46. The molecule has 78 valence electrons. The van der Waals surface area contributed by atoms with Crippen LogP contribution in [0.25, 0.3) is 0 Å². The Labute approximate surface area is 74.1 Å². The Morgan fingerprint density at radius 2 is 1.77 bits per heavy atom. The number of aliphatic carboxylic acids is 1. The Kier molecular flexibility index (Phi) is 6.37. The van der Waals surface area contributed by atoms with E-state index in [1.54, 1.807) is 0 Å². The van der Waals surface area contributed by atoms with Crippen molar-refractivity contribution in [1.82, 2.24) is 0 Å². The normalized spacial score (nSPS) is 15.3. The molecular formula is C6H12O7. The highest BCUT2D eigenvalue weighted by Gasteiger charge is 2.23. The van der Waals surface area contributed by atoms with Crippen LogP contribution in [0.15, 0.2) is 0 Å². The number of hydrogen-bond acceptors (Lipinski definition) is 6. The molecule has 0 aliphatic heterocycles. The summed E-state index contributed by atoms with van der Waals surface area (Å²) in [5, 5.41) is 33.9. The molecular weight excluding hydrogens is 184 g/mol. The average molecular weight is 196 g/mol. The highest BCUT2D eigenvalue weighted by atomic mass is 16.7. The van der Waals surface area contributed by atoms with E-state index in [2.05, 4.69) is 9.47 Å². The first-order chi connectivity index (χ1) is 6.11. The molecule has 0 amide bonds. The molecule has 0 aromatic rings. The maximum absolute atomic E-state index is 10.2. The average Bonchev–Trinajstić information content (AvgIpc) is 2.03. The summed E-state index contributed by atoms with van der Waals surface area (Å²) in [6.07, 6.45) is -3.30. The predicted molar refractivity (Wildman–Crippen MR) is 38.4 cm³/mol. The molecule has 2 unspecified atom stereocenters. The number of rotatable bonds is 7. The summed E-state index contributed by atoms with van der Waals surface area (Å²) in [5.74, 6) is -1.21. The lowest BCUT2D eigenvalue weighted by Gasteiger charge is -2.19. The van der Waals surface area contributed by atoms with E-state index in [9.17, 15) is 4.79 Å². The second-order valence-corrected chi connectivity index (χ2v) is 2.12. The van der Waals surface area contributed by atoms with Gasteiger partial charge < -0.3 is 29.9 Å². The third-order valence-electron chi connectivity index (χ3n) is 1.23. The van der Waals surface area contributed by atoms with Crippen LogP contribution in [0, 0.1) is 0 Å². The molecule has 0 aliphatic rings. The number of hydrogen-bond donors (Lipinski definition) is 4. The van der Waals surface area contributed by atoms with Gasteiger partial charge in [0.15, 0.2) is 6.29 Å². The van der Waals surface area contributed by atoms with Gasteiger partial charge >= 0.3 is 5.97 Å². The molecule has 7 nitrogen and oxygen atoms in total. The number of aliphatic hydroxyl groups is 3. The van der Waals surface area contributed by atoms with Gasteiger partial charge in [-0.3, -0.25) is 4.79 Å². The van der Waals surface area contributed by atoms with Crippen molar-refractivity contribution in [2.75, 3.05) is 13.6 Å². The standard InChI is InChI=1S/C6H12O7/c7-2-12-4(1-5(9)10)6(11)13-3-8/h4,6-8,11H,1-3H2,(H,9,10). The first-order valence-electron chi connectivity index (χ1n) is 3.46. The molecule has 0 heterocycles. The summed E-state index contributed by atoms with van der Waals surface area (Å²) in [7, 11) is 0. The van der Waals surface area contributed by atoms with Crippen LogP contribution in [0.4, 0.5) is 0 Å². The van der Waals surface area contributed by atoms with E-state index in [0.717, 1.165) is 0 Å². The van der Waals surface area contributed by atoms with Crippen molar-refractivity contribution in [2.24, 2.45) is 0 Å². The zero-order valence-corrected chi connectivity index (χ0v) is 6.79. The molecule has 0 bridgehead atoms. The maximum Gasteiger partial charge on any atom is 0.306 e. The quantitative estimate of drug-likeness (QED) is 0.351. The van der Waals surface area contributed by atoms with E-state index >= 15 is 0 Å². The number of aliphatic hydroxyl groups excluding tert-OH is 3. The van der Waals surface area contributed by atoms with Gasteiger partial charge in [0.1, 0.15) is 19.7 Å². The Balaban J connectivity index is 3.97. The van der Waals surface area contributed by atoms with Gasteiger partial charge in [-0.2, -0.15) is 0 Å². The summed E-state index contributed by atoms with van der Waals surface area (Å²) in [4.78, 5) is 10.2. The molecule has 2 atom stereocenters. The number of ether oxygens (including phenoxy) is 2. The van der Waals surface area contributed by atoms with E-state index < -0.39 is 38.4 Å². The zero-order valence-electron chi connectivity index (χ0n) is 6.79. The van der Waals surface area contributed by atoms with Gasteiger partial charge in [0.2, 0.25) is 0 Å². The van der Waals surface area contributed by atoms with Crippen LogP contribution in [-0.4, -0.2) is 52.4 Å². The van der Waals surface area contributed by atoms with Crippen molar-refractivity contribution in [3.05, 3.63) is 0 Å². The summed E-state index contributed by atoms with van der Waals surface area (Å²) in [5.41, 5.74) is 0. The Hall–Kier alpha value is -0.730. The molecule has 13 heavy (non-hydrogen) atoms. The van der Waals surface area contributed by atoms with E-state index in [4.69, 9.17) is 20.4 Å². The molecule has 0 fully saturated rings. The van der Waals surface area contributed by atoms with Crippen LogP contribution in [-0.2, 0) is 14.3 Å². The van der Waals surface area contributed by atoms with Crippen LogP contribution >= 0.6 is 0 Å². The van der Waals surface area contributed by atoms with Crippen LogP contribution in [0.5, 0.6) is 0 Å². The van der Waals surface area contributed by atoms with Crippen LogP contribution in [0.1, 0.15) is 6.42 Å². The highest BCUT2D eigenvalue weighted by molar-refractivity contribution is 5.67. The van der Waals surface area contributed by atoms with Gasteiger partial charge in [-0.15, -0.1) is 0 Å². The van der Waals surface area contributed by atoms with Gasteiger partial charge in [0, 0.05) is 0 Å². The fraction of sp³-hybridized carbons (Fsp3) is 0.833. The van der Waals surface area contributed by atoms with Crippen molar-refractivity contribution >= 4 is 5.97 Å². The smallest absolute Gasteiger partial charge is 0.306 e. The predicted octanol–water partition coefficient (Wildman–Crippen LogP) is -1.92. The maximum atomic E-state index is 10.2. The monoisotopic (exact) mass is 196 g/mol. The highest BCUT2D eigenvalue weighted by Crippen LogP contribution is 2.05. The summed E-state index contributed by atoms with van der Waals surface area (Å²) >= 11 is 0. The Bertz CT molecular complexity index is 148. The molecule has 0 aromatic carbocycles. The summed E-state index contributed by atoms with van der Waals surface area (Å²) < 4.78 is 8.72. The van der Waals surface area contributed by atoms with Gasteiger partial charge in [-0.1, -0.05) is 0 Å². The molecule has 0 aliphatic carbocycles. The number of carboxylic acid groups (broad SMARTS) is 1. The number of carboxylic acids is 1. The van der Waals surface area contributed by atoms with E-state index in [-0.39, 0.29) is 0 Å². The van der Waals surface area contributed by atoms with Gasteiger partial charge in [0.05, 0.1) is 6.42 Å². The fourth-order valence-corrected chi connectivity index (χ4v) is 0.694. The molecule has 0 spiro atoms. The second-order valence-electron chi connectivity index (χ2n) is 2.12. The SMILES string of the molecule is O=C(O)CC(OCO)C(O)OCO. The topological polar surface area (TPSA) is 116 Å². The van der Waals surface area contributed by atoms with Crippen LogP contribution in [0.3, 0.4) is 0 Å². The van der Waals surface area contributed by atoms with Crippen LogP contribution in [0.2, 0.25) is 0 Å². The summed E-state index contributed by atoms with van der Waals surface area (Å²) in [6.45, 7) is -1.49. The third-order valence-corrected chi connectivity index (χ3v) is 1.23. The first kappa shape index (κ1) is 12.3. The van der Waals surface area contributed by atoms with Crippen LogP contribution < -0.4 is 0 Å². The van der Waals surface area contributed by atoms with Gasteiger partial charge in [-0.25, -0.2) is 0 Å². The molecule has 0 saturated heterocycles. The largest absolute Gasteiger partial charge is 0.481 e. The lowest BCUT2D eigenvalue weighted by molar-refractivity contribution is -0.224. The van der Waals surface area contributed by atoms with Crippen molar-refractivity contribution in [2.45, 2.75) is 18.8 Å². The minimum absolute atomic E-state index is 0.526. The molecule has 0 saturated carbocycles. The molecule has 0 radical (unpaired) electrons. The fourth-order valence-electron chi connectivity index (χ4n) is 0.694.